The van der Waals surface area contributed by atoms with E-state index in [2.05, 4.69) is 6.92 Å². The molecule has 1 unspecified atom stereocenters. The third-order valence-electron chi connectivity index (χ3n) is 2.71. The topological polar surface area (TPSA) is 35.5 Å². The number of Topliss-reactive ketones (excluding diaryl/α,β-unsaturated/α-hetero) is 1. The molecule has 0 heterocycles. The van der Waals surface area contributed by atoms with Gasteiger partial charge in [0, 0.05) is 12.7 Å². The normalized spacial score (nSPS) is 12.4. The summed E-state index contributed by atoms with van der Waals surface area (Å²) in [6.45, 7) is 4.64. The van der Waals surface area contributed by atoms with Crippen LogP contribution in [0.4, 0.5) is 0 Å². The van der Waals surface area contributed by atoms with Crippen LogP contribution >= 0.6 is 0 Å². The molecule has 0 bridgehead atoms. The maximum Gasteiger partial charge on any atom is 0.188 e. The second-order valence-electron chi connectivity index (χ2n) is 4.45. The van der Waals surface area contributed by atoms with Gasteiger partial charge in [-0.2, -0.15) is 0 Å². The lowest BCUT2D eigenvalue weighted by atomic mass is 10.1. The largest absolute Gasteiger partial charge is 0.382 e. The highest BCUT2D eigenvalue weighted by Gasteiger charge is 2.08. The Bertz CT molecular complexity index is 357. The van der Waals surface area contributed by atoms with Crippen molar-refractivity contribution in [1.82, 2.24) is 0 Å². The first-order chi connectivity index (χ1) is 8.67. The van der Waals surface area contributed by atoms with E-state index in [1.54, 1.807) is 7.11 Å². The first-order valence-electron chi connectivity index (χ1n) is 6.40. The number of ketones is 1. The fraction of sp³-hybridized carbons (Fsp3) is 0.533. The van der Waals surface area contributed by atoms with Crippen LogP contribution in [0.25, 0.3) is 0 Å². The monoisotopic (exact) mass is 250 g/mol. The Morgan fingerprint density at radius 3 is 2.50 bits per heavy atom. The number of carbonyl (C=O) groups excluding carboxylic acids is 1. The zero-order chi connectivity index (χ0) is 13.4. The van der Waals surface area contributed by atoms with Gasteiger partial charge >= 0.3 is 0 Å². The van der Waals surface area contributed by atoms with Crippen molar-refractivity contribution in [2.24, 2.45) is 0 Å². The van der Waals surface area contributed by atoms with Gasteiger partial charge in [0.25, 0.3) is 0 Å². The van der Waals surface area contributed by atoms with E-state index in [0.717, 1.165) is 12.8 Å². The maximum atomic E-state index is 11.9. The zero-order valence-corrected chi connectivity index (χ0v) is 11.4. The predicted octanol–water partition coefficient (Wildman–Crippen LogP) is 2.87. The van der Waals surface area contributed by atoms with Gasteiger partial charge in [0.05, 0.1) is 12.7 Å². The SMILES string of the molecule is CCCc1ccc(C(=O)COC(C)COC)cc1. The highest BCUT2D eigenvalue weighted by Crippen LogP contribution is 2.08. The van der Waals surface area contributed by atoms with Crippen molar-refractivity contribution in [2.75, 3.05) is 20.3 Å². The van der Waals surface area contributed by atoms with E-state index in [-0.39, 0.29) is 18.5 Å². The summed E-state index contributed by atoms with van der Waals surface area (Å²) in [4.78, 5) is 11.9. The van der Waals surface area contributed by atoms with E-state index in [1.165, 1.54) is 5.56 Å². The minimum atomic E-state index is -0.0571. The van der Waals surface area contributed by atoms with Gasteiger partial charge in [0.1, 0.15) is 6.61 Å². The van der Waals surface area contributed by atoms with Crippen LogP contribution in [0.1, 0.15) is 36.2 Å². The molecular weight excluding hydrogens is 228 g/mol. The zero-order valence-electron chi connectivity index (χ0n) is 11.4. The summed E-state index contributed by atoms with van der Waals surface area (Å²) in [5.41, 5.74) is 1.97. The van der Waals surface area contributed by atoms with E-state index in [1.807, 2.05) is 31.2 Å². The van der Waals surface area contributed by atoms with Crippen molar-refractivity contribution >= 4 is 5.78 Å². The van der Waals surface area contributed by atoms with Crippen LogP contribution in [0.15, 0.2) is 24.3 Å². The molecule has 100 valence electrons. The summed E-state index contributed by atoms with van der Waals surface area (Å²) >= 11 is 0. The predicted molar refractivity (Wildman–Crippen MR) is 72.1 cm³/mol. The molecule has 0 aliphatic heterocycles. The van der Waals surface area contributed by atoms with Crippen molar-refractivity contribution in [2.45, 2.75) is 32.8 Å². The van der Waals surface area contributed by atoms with Gasteiger partial charge in [-0.1, -0.05) is 37.6 Å². The summed E-state index contributed by atoms with van der Waals surface area (Å²) < 4.78 is 10.3. The molecule has 0 amide bonds. The number of hydrogen-bond donors (Lipinski definition) is 0. The van der Waals surface area contributed by atoms with Crippen molar-refractivity contribution in [1.29, 1.82) is 0 Å². The lowest BCUT2D eigenvalue weighted by Crippen LogP contribution is -2.19. The lowest BCUT2D eigenvalue weighted by Gasteiger charge is -2.11. The van der Waals surface area contributed by atoms with Crippen molar-refractivity contribution < 1.29 is 14.3 Å². The Morgan fingerprint density at radius 1 is 1.28 bits per heavy atom. The molecule has 3 nitrogen and oxygen atoms in total. The fourth-order valence-corrected chi connectivity index (χ4v) is 1.73. The lowest BCUT2D eigenvalue weighted by molar-refractivity contribution is 0.0125. The van der Waals surface area contributed by atoms with Gasteiger partial charge in [0.15, 0.2) is 5.78 Å². The fourth-order valence-electron chi connectivity index (χ4n) is 1.73. The van der Waals surface area contributed by atoms with E-state index < -0.39 is 0 Å². The molecule has 0 radical (unpaired) electrons. The van der Waals surface area contributed by atoms with Gasteiger partial charge in [-0.05, 0) is 18.9 Å². The number of benzene rings is 1. The number of ether oxygens (including phenoxy) is 2. The Balaban J connectivity index is 2.46. The average molecular weight is 250 g/mol. The van der Waals surface area contributed by atoms with E-state index in [0.29, 0.717) is 12.2 Å². The Morgan fingerprint density at radius 2 is 1.94 bits per heavy atom. The molecule has 0 spiro atoms. The molecule has 1 rings (SSSR count). The molecule has 1 aromatic rings. The molecular formula is C15H22O3. The van der Waals surface area contributed by atoms with Crippen molar-refractivity contribution in [3.8, 4) is 0 Å². The summed E-state index contributed by atoms with van der Waals surface area (Å²) in [5.74, 6) is 0.0148. The summed E-state index contributed by atoms with van der Waals surface area (Å²) in [5, 5.41) is 0. The molecule has 0 aromatic heterocycles. The Labute approximate surface area is 109 Å². The third kappa shape index (κ3) is 4.98. The van der Waals surface area contributed by atoms with Crippen LogP contribution in [0.5, 0.6) is 0 Å². The molecule has 0 N–H and O–H groups in total. The number of hydrogen-bond acceptors (Lipinski definition) is 3. The second kappa shape index (κ2) is 8.01. The summed E-state index contributed by atoms with van der Waals surface area (Å²) in [6.07, 6.45) is 2.11. The molecule has 0 fully saturated rings. The molecule has 0 saturated heterocycles. The van der Waals surface area contributed by atoms with Gasteiger partial charge in [-0.3, -0.25) is 4.79 Å². The molecule has 0 aliphatic carbocycles. The molecule has 18 heavy (non-hydrogen) atoms. The van der Waals surface area contributed by atoms with Gasteiger partial charge in [-0.25, -0.2) is 0 Å². The smallest absolute Gasteiger partial charge is 0.188 e. The summed E-state index contributed by atoms with van der Waals surface area (Å²) in [7, 11) is 1.62. The Hall–Kier alpha value is -1.19. The van der Waals surface area contributed by atoms with Crippen LogP contribution in [0.3, 0.4) is 0 Å². The van der Waals surface area contributed by atoms with Crippen molar-refractivity contribution in [3.63, 3.8) is 0 Å². The third-order valence-corrected chi connectivity index (χ3v) is 2.71. The quantitative estimate of drug-likeness (QED) is 0.665. The second-order valence-corrected chi connectivity index (χ2v) is 4.45. The standard InChI is InChI=1S/C15H22O3/c1-4-5-13-6-8-14(9-7-13)15(16)11-18-12(2)10-17-3/h6-9,12H,4-5,10-11H2,1-3H3. The van der Waals surface area contributed by atoms with Gasteiger partial charge in [-0.15, -0.1) is 0 Å². The van der Waals surface area contributed by atoms with Gasteiger partial charge < -0.3 is 9.47 Å². The van der Waals surface area contributed by atoms with Crippen LogP contribution in [0.2, 0.25) is 0 Å². The number of aryl methyl sites for hydroxylation is 1. The number of carbonyl (C=O) groups is 1. The molecule has 1 atom stereocenters. The number of methoxy groups -OCH3 is 1. The summed E-state index contributed by atoms with van der Waals surface area (Å²) in [6, 6.07) is 7.76. The first kappa shape index (κ1) is 14.9. The van der Waals surface area contributed by atoms with E-state index in [9.17, 15) is 4.79 Å². The first-order valence-corrected chi connectivity index (χ1v) is 6.40. The molecule has 1 aromatic carbocycles. The molecule has 3 heteroatoms. The highest BCUT2D eigenvalue weighted by atomic mass is 16.5. The molecule has 0 aliphatic rings. The maximum absolute atomic E-state index is 11.9. The van der Waals surface area contributed by atoms with Crippen LogP contribution in [-0.4, -0.2) is 32.2 Å². The highest BCUT2D eigenvalue weighted by molar-refractivity contribution is 5.97. The molecule has 0 saturated carbocycles. The Kier molecular flexibility index (Phi) is 6.61. The van der Waals surface area contributed by atoms with Gasteiger partial charge in [0.2, 0.25) is 0 Å². The van der Waals surface area contributed by atoms with E-state index >= 15 is 0 Å². The van der Waals surface area contributed by atoms with E-state index in [4.69, 9.17) is 9.47 Å². The number of rotatable bonds is 8. The van der Waals surface area contributed by atoms with Crippen LogP contribution in [-0.2, 0) is 15.9 Å². The van der Waals surface area contributed by atoms with Crippen LogP contribution in [0, 0.1) is 0 Å². The minimum Gasteiger partial charge on any atom is -0.382 e. The van der Waals surface area contributed by atoms with Crippen molar-refractivity contribution in [3.05, 3.63) is 35.4 Å². The minimum absolute atomic E-state index is 0.0148. The average Bonchev–Trinajstić information content (AvgIpc) is 2.37. The van der Waals surface area contributed by atoms with Crippen LogP contribution < -0.4 is 0 Å².